The molecule has 130 valence electrons. The van der Waals surface area contributed by atoms with Gasteiger partial charge in [0.2, 0.25) is 0 Å². The van der Waals surface area contributed by atoms with E-state index in [0.29, 0.717) is 0 Å². The molecular formula is C22H27N3. The minimum absolute atomic E-state index is 0.152. The molecule has 0 aliphatic carbocycles. The van der Waals surface area contributed by atoms with E-state index in [0.717, 1.165) is 17.2 Å². The van der Waals surface area contributed by atoms with E-state index in [1.807, 2.05) is 0 Å². The van der Waals surface area contributed by atoms with Crippen LogP contribution in [-0.2, 0) is 0 Å². The van der Waals surface area contributed by atoms with Gasteiger partial charge in [-0.05, 0) is 58.4 Å². The standard InChI is InChI=1S/C22H27N3/c1-21(2,3)24-19-14-18(23-20(19)25-22(4,5)6)17-13-9-11-15-10-7-8-12-16(15)17/h7-14H,1-6H3,(H,23,24,25). The molecule has 0 spiro atoms. The molecule has 0 radical (unpaired) electrons. The highest BCUT2D eigenvalue weighted by atomic mass is 15.1. The fourth-order valence-corrected chi connectivity index (χ4v) is 2.91. The number of nitrogens with one attached hydrogen (secondary N) is 1. The molecule has 2 aromatic rings. The van der Waals surface area contributed by atoms with Gasteiger partial charge >= 0.3 is 0 Å². The van der Waals surface area contributed by atoms with Crippen molar-refractivity contribution in [3.63, 3.8) is 0 Å². The van der Waals surface area contributed by atoms with Crippen molar-refractivity contribution in [1.82, 2.24) is 5.32 Å². The van der Waals surface area contributed by atoms with Crippen molar-refractivity contribution in [1.29, 1.82) is 0 Å². The molecule has 1 aliphatic heterocycles. The van der Waals surface area contributed by atoms with Gasteiger partial charge in [0.15, 0.2) is 5.84 Å². The number of fused-ring (bicyclic) bond motifs is 1. The molecule has 0 bridgehead atoms. The van der Waals surface area contributed by atoms with Crippen LogP contribution in [0.2, 0.25) is 0 Å². The average molecular weight is 333 g/mol. The van der Waals surface area contributed by atoms with Crippen molar-refractivity contribution in [3.05, 3.63) is 54.1 Å². The summed E-state index contributed by atoms with van der Waals surface area (Å²) in [4.78, 5) is 9.73. The zero-order valence-corrected chi connectivity index (χ0v) is 16.0. The number of hydrogen-bond acceptors (Lipinski definition) is 2. The van der Waals surface area contributed by atoms with Gasteiger partial charge in [-0.25, -0.2) is 0 Å². The third-order valence-electron chi connectivity index (χ3n) is 3.76. The molecule has 3 rings (SSSR count). The summed E-state index contributed by atoms with van der Waals surface area (Å²) in [5.74, 6) is 0.852. The Bertz CT molecular complexity index is 882. The van der Waals surface area contributed by atoms with Crippen molar-refractivity contribution in [2.75, 3.05) is 0 Å². The Balaban J connectivity index is 2.13. The highest BCUT2D eigenvalue weighted by molar-refractivity contribution is 6.51. The molecule has 0 atom stereocenters. The molecule has 0 aromatic heterocycles. The fraction of sp³-hybridized carbons (Fsp3) is 0.364. The van der Waals surface area contributed by atoms with Gasteiger partial charge in [0.1, 0.15) is 5.71 Å². The third kappa shape index (κ3) is 4.16. The van der Waals surface area contributed by atoms with Gasteiger partial charge in [-0.3, -0.25) is 9.98 Å². The van der Waals surface area contributed by atoms with Crippen LogP contribution in [0.4, 0.5) is 0 Å². The van der Waals surface area contributed by atoms with E-state index < -0.39 is 0 Å². The second-order valence-corrected chi connectivity index (χ2v) is 8.51. The largest absolute Gasteiger partial charge is 0.338 e. The summed E-state index contributed by atoms with van der Waals surface area (Å²) in [6.45, 7) is 12.6. The predicted molar refractivity (Wildman–Crippen MR) is 109 cm³/mol. The van der Waals surface area contributed by atoms with Crippen molar-refractivity contribution in [2.45, 2.75) is 52.6 Å². The molecule has 1 heterocycles. The second-order valence-electron chi connectivity index (χ2n) is 8.51. The zero-order chi connectivity index (χ0) is 18.2. The second kappa shape index (κ2) is 6.14. The van der Waals surface area contributed by atoms with E-state index in [-0.39, 0.29) is 11.1 Å². The minimum Gasteiger partial charge on any atom is -0.338 e. The Morgan fingerprint density at radius 1 is 0.760 bits per heavy atom. The molecule has 0 saturated carbocycles. The lowest BCUT2D eigenvalue weighted by molar-refractivity contribution is 0.578. The molecule has 3 nitrogen and oxygen atoms in total. The molecular weight excluding hydrogens is 306 g/mol. The summed E-state index contributed by atoms with van der Waals surface area (Å²) in [5, 5.41) is 5.98. The molecule has 0 fully saturated rings. The zero-order valence-electron chi connectivity index (χ0n) is 16.0. The maximum Gasteiger partial charge on any atom is 0.151 e. The SMILES string of the molecule is CC(C)(C)N=C1C=C(c2cccc3ccccc23)NC1=NC(C)(C)C. The monoisotopic (exact) mass is 333 g/mol. The van der Waals surface area contributed by atoms with Crippen LogP contribution >= 0.6 is 0 Å². The van der Waals surface area contributed by atoms with Crippen LogP contribution in [0, 0.1) is 0 Å². The topological polar surface area (TPSA) is 36.8 Å². The molecule has 0 unspecified atom stereocenters. The van der Waals surface area contributed by atoms with Crippen LogP contribution in [0.5, 0.6) is 0 Å². The van der Waals surface area contributed by atoms with Gasteiger partial charge in [-0.2, -0.15) is 0 Å². The summed E-state index contributed by atoms with van der Waals surface area (Å²) >= 11 is 0. The third-order valence-corrected chi connectivity index (χ3v) is 3.76. The van der Waals surface area contributed by atoms with Gasteiger partial charge in [0, 0.05) is 11.3 Å². The van der Waals surface area contributed by atoms with Crippen molar-refractivity contribution in [2.24, 2.45) is 9.98 Å². The Labute approximate surface area is 150 Å². The lowest BCUT2D eigenvalue weighted by atomic mass is 10.0. The van der Waals surface area contributed by atoms with Gasteiger partial charge in [0.25, 0.3) is 0 Å². The summed E-state index contributed by atoms with van der Waals surface area (Å²) in [6, 6.07) is 14.8. The summed E-state index contributed by atoms with van der Waals surface area (Å²) in [7, 11) is 0. The van der Waals surface area contributed by atoms with Crippen molar-refractivity contribution >= 4 is 28.0 Å². The maximum absolute atomic E-state index is 4.88. The van der Waals surface area contributed by atoms with Gasteiger partial charge in [0.05, 0.1) is 11.1 Å². The summed E-state index contributed by atoms with van der Waals surface area (Å²) in [6.07, 6.45) is 2.12. The highest BCUT2D eigenvalue weighted by Crippen LogP contribution is 2.27. The number of nitrogens with zero attached hydrogens (tertiary/aromatic N) is 2. The van der Waals surface area contributed by atoms with Crippen molar-refractivity contribution < 1.29 is 0 Å². The maximum atomic E-state index is 4.88. The van der Waals surface area contributed by atoms with Crippen LogP contribution in [0.15, 0.2) is 58.5 Å². The lowest BCUT2D eigenvalue weighted by Gasteiger charge is -2.17. The van der Waals surface area contributed by atoms with E-state index in [2.05, 4.69) is 95.4 Å². The molecule has 25 heavy (non-hydrogen) atoms. The molecule has 0 amide bonds. The number of amidine groups is 1. The number of hydrogen-bond donors (Lipinski definition) is 1. The first-order chi connectivity index (χ1) is 11.6. The normalized spacial score (nSPS) is 18.7. The van der Waals surface area contributed by atoms with Gasteiger partial charge in [-0.1, -0.05) is 42.5 Å². The minimum atomic E-state index is -0.164. The first-order valence-corrected chi connectivity index (χ1v) is 8.79. The number of benzene rings is 2. The molecule has 1 aliphatic rings. The highest BCUT2D eigenvalue weighted by Gasteiger charge is 2.24. The first kappa shape index (κ1) is 17.4. The Morgan fingerprint density at radius 3 is 2.08 bits per heavy atom. The van der Waals surface area contributed by atoms with Gasteiger partial charge < -0.3 is 5.32 Å². The van der Waals surface area contributed by atoms with E-state index >= 15 is 0 Å². The fourth-order valence-electron chi connectivity index (χ4n) is 2.91. The van der Waals surface area contributed by atoms with Crippen LogP contribution < -0.4 is 5.32 Å². The van der Waals surface area contributed by atoms with E-state index in [9.17, 15) is 0 Å². The smallest absolute Gasteiger partial charge is 0.151 e. The Morgan fingerprint density at radius 2 is 1.40 bits per heavy atom. The molecule has 1 N–H and O–H groups in total. The molecule has 0 saturated heterocycles. The van der Waals surface area contributed by atoms with Crippen LogP contribution in [0.1, 0.15) is 47.1 Å². The number of aliphatic imine (C=N–C) groups is 2. The Kier molecular flexibility index (Phi) is 4.28. The predicted octanol–water partition coefficient (Wildman–Crippen LogP) is 5.22. The van der Waals surface area contributed by atoms with Crippen molar-refractivity contribution in [3.8, 4) is 0 Å². The quantitative estimate of drug-likeness (QED) is 0.763. The van der Waals surface area contributed by atoms with Crippen LogP contribution in [-0.4, -0.2) is 22.6 Å². The molecule has 3 heteroatoms. The van der Waals surface area contributed by atoms with Crippen LogP contribution in [0.3, 0.4) is 0 Å². The van der Waals surface area contributed by atoms with E-state index in [1.54, 1.807) is 0 Å². The molecule has 2 aromatic carbocycles. The lowest BCUT2D eigenvalue weighted by Crippen LogP contribution is -2.28. The summed E-state index contributed by atoms with van der Waals surface area (Å²) in [5.41, 5.74) is 2.84. The summed E-state index contributed by atoms with van der Waals surface area (Å²) < 4.78 is 0. The first-order valence-electron chi connectivity index (χ1n) is 8.79. The average Bonchev–Trinajstić information content (AvgIpc) is 2.85. The van der Waals surface area contributed by atoms with E-state index in [4.69, 9.17) is 9.98 Å². The van der Waals surface area contributed by atoms with E-state index in [1.165, 1.54) is 16.3 Å². The van der Waals surface area contributed by atoms with Crippen LogP contribution in [0.25, 0.3) is 16.5 Å². The Hall–Kier alpha value is -2.42. The van der Waals surface area contributed by atoms with Gasteiger partial charge in [-0.15, -0.1) is 0 Å². The number of rotatable bonds is 1.